The van der Waals surface area contributed by atoms with Crippen LogP contribution in [-0.2, 0) is 4.79 Å². The monoisotopic (exact) mass is 251 g/mol. The maximum Gasteiger partial charge on any atom is 0.303 e. The molecule has 5 heteroatoms. The molecule has 0 atom stereocenters. The molecule has 0 saturated heterocycles. The fourth-order valence-corrected chi connectivity index (χ4v) is 1.47. The van der Waals surface area contributed by atoms with E-state index in [4.69, 9.17) is 9.84 Å². The Morgan fingerprint density at radius 1 is 1.33 bits per heavy atom. The molecule has 0 aromatic heterocycles. The van der Waals surface area contributed by atoms with Crippen LogP contribution in [0.15, 0.2) is 24.3 Å². The molecule has 5 nitrogen and oxygen atoms in total. The second kappa shape index (κ2) is 7.32. The Bertz CT molecular complexity index is 417. The Morgan fingerprint density at radius 2 is 2.06 bits per heavy atom. The van der Waals surface area contributed by atoms with Crippen molar-refractivity contribution in [1.29, 1.82) is 0 Å². The van der Waals surface area contributed by atoms with Crippen LogP contribution in [0.25, 0.3) is 0 Å². The first kappa shape index (κ1) is 14.0. The van der Waals surface area contributed by atoms with E-state index in [1.54, 1.807) is 24.3 Å². The molecule has 0 bridgehead atoms. The van der Waals surface area contributed by atoms with E-state index in [2.05, 4.69) is 5.32 Å². The van der Waals surface area contributed by atoms with Crippen molar-refractivity contribution in [2.24, 2.45) is 0 Å². The lowest BCUT2D eigenvalue weighted by atomic mass is 10.2. The summed E-state index contributed by atoms with van der Waals surface area (Å²) in [6.07, 6.45) is 0.464. The summed E-state index contributed by atoms with van der Waals surface area (Å²) >= 11 is 0. The molecule has 0 aliphatic carbocycles. The van der Waals surface area contributed by atoms with E-state index in [1.165, 1.54) is 0 Å². The highest BCUT2D eigenvalue weighted by atomic mass is 16.5. The van der Waals surface area contributed by atoms with Gasteiger partial charge >= 0.3 is 5.97 Å². The smallest absolute Gasteiger partial charge is 0.303 e. The Hall–Kier alpha value is -2.04. The van der Waals surface area contributed by atoms with Gasteiger partial charge in [0, 0.05) is 13.0 Å². The first-order chi connectivity index (χ1) is 8.65. The standard InChI is InChI=1S/C13H17NO4/c1-2-18-11-7-4-3-6-10(11)13(17)14-9-5-8-12(15)16/h3-4,6-7H,2,5,8-9H2,1H3,(H,14,17)(H,15,16). The van der Waals surface area contributed by atoms with Gasteiger partial charge in [0.05, 0.1) is 12.2 Å². The van der Waals surface area contributed by atoms with E-state index in [-0.39, 0.29) is 12.3 Å². The molecule has 1 aromatic carbocycles. The van der Waals surface area contributed by atoms with Crippen LogP contribution < -0.4 is 10.1 Å². The van der Waals surface area contributed by atoms with Crippen molar-refractivity contribution in [3.63, 3.8) is 0 Å². The molecule has 1 rings (SSSR count). The molecule has 0 radical (unpaired) electrons. The van der Waals surface area contributed by atoms with E-state index in [0.29, 0.717) is 30.9 Å². The van der Waals surface area contributed by atoms with Crippen LogP contribution in [0, 0.1) is 0 Å². The average Bonchev–Trinajstić information content (AvgIpc) is 2.35. The molecule has 18 heavy (non-hydrogen) atoms. The number of nitrogens with one attached hydrogen (secondary N) is 1. The maximum atomic E-state index is 11.8. The molecule has 0 spiro atoms. The predicted molar refractivity (Wildman–Crippen MR) is 66.8 cm³/mol. The molecular formula is C13H17NO4. The lowest BCUT2D eigenvalue weighted by molar-refractivity contribution is -0.137. The molecule has 0 fully saturated rings. The highest BCUT2D eigenvalue weighted by Crippen LogP contribution is 2.17. The fourth-order valence-electron chi connectivity index (χ4n) is 1.47. The van der Waals surface area contributed by atoms with Crippen LogP contribution in [0.3, 0.4) is 0 Å². The lowest BCUT2D eigenvalue weighted by Gasteiger charge is -2.09. The Labute approximate surface area is 106 Å². The average molecular weight is 251 g/mol. The van der Waals surface area contributed by atoms with Gasteiger partial charge in [0.15, 0.2) is 0 Å². The van der Waals surface area contributed by atoms with Gasteiger partial charge in [-0.05, 0) is 25.5 Å². The molecule has 0 aliphatic rings. The van der Waals surface area contributed by atoms with Crippen LogP contribution in [0.1, 0.15) is 30.1 Å². The summed E-state index contributed by atoms with van der Waals surface area (Å²) in [6, 6.07) is 6.97. The minimum absolute atomic E-state index is 0.0490. The SMILES string of the molecule is CCOc1ccccc1C(=O)NCCCC(=O)O. The Morgan fingerprint density at radius 3 is 2.72 bits per heavy atom. The van der Waals surface area contributed by atoms with Crippen molar-refractivity contribution in [1.82, 2.24) is 5.32 Å². The van der Waals surface area contributed by atoms with Gasteiger partial charge in [-0.2, -0.15) is 0 Å². The van der Waals surface area contributed by atoms with Crippen LogP contribution in [0.2, 0.25) is 0 Å². The zero-order valence-corrected chi connectivity index (χ0v) is 10.3. The number of ether oxygens (including phenoxy) is 1. The summed E-state index contributed by atoms with van der Waals surface area (Å²) in [7, 11) is 0. The summed E-state index contributed by atoms with van der Waals surface area (Å²) in [6.45, 7) is 2.68. The third kappa shape index (κ3) is 4.45. The Balaban J connectivity index is 2.53. The lowest BCUT2D eigenvalue weighted by Crippen LogP contribution is -2.25. The largest absolute Gasteiger partial charge is 0.493 e. The van der Waals surface area contributed by atoms with Gasteiger partial charge in [-0.15, -0.1) is 0 Å². The first-order valence-electron chi connectivity index (χ1n) is 5.87. The minimum Gasteiger partial charge on any atom is -0.493 e. The van der Waals surface area contributed by atoms with Crippen molar-refractivity contribution < 1.29 is 19.4 Å². The van der Waals surface area contributed by atoms with Crippen LogP contribution in [-0.4, -0.2) is 30.1 Å². The topological polar surface area (TPSA) is 75.6 Å². The van der Waals surface area contributed by atoms with Crippen molar-refractivity contribution in [3.05, 3.63) is 29.8 Å². The van der Waals surface area contributed by atoms with Crippen LogP contribution >= 0.6 is 0 Å². The van der Waals surface area contributed by atoms with Crippen molar-refractivity contribution in [3.8, 4) is 5.75 Å². The summed E-state index contributed by atoms with van der Waals surface area (Å²) in [5.41, 5.74) is 0.467. The van der Waals surface area contributed by atoms with Crippen molar-refractivity contribution >= 4 is 11.9 Å². The maximum absolute atomic E-state index is 11.8. The zero-order valence-electron chi connectivity index (χ0n) is 10.3. The number of carbonyl (C=O) groups excluding carboxylic acids is 1. The Kier molecular flexibility index (Phi) is 5.70. The summed E-state index contributed by atoms with van der Waals surface area (Å²) < 4.78 is 5.35. The van der Waals surface area contributed by atoms with Gasteiger partial charge in [0.25, 0.3) is 5.91 Å². The number of amides is 1. The summed E-state index contributed by atoms with van der Waals surface area (Å²) in [5.74, 6) is -0.570. The highest BCUT2D eigenvalue weighted by molar-refractivity contribution is 5.96. The number of carboxylic acids is 1. The number of aliphatic carboxylic acids is 1. The summed E-state index contributed by atoms with van der Waals surface area (Å²) in [4.78, 5) is 22.2. The van der Waals surface area contributed by atoms with Crippen molar-refractivity contribution in [2.75, 3.05) is 13.2 Å². The van der Waals surface area contributed by atoms with Gasteiger partial charge in [-0.3, -0.25) is 9.59 Å². The number of carbonyl (C=O) groups is 2. The normalized spacial score (nSPS) is 9.83. The van der Waals surface area contributed by atoms with E-state index < -0.39 is 5.97 Å². The molecule has 98 valence electrons. The number of hydrogen-bond acceptors (Lipinski definition) is 3. The summed E-state index contributed by atoms with van der Waals surface area (Å²) in [5, 5.41) is 11.1. The van der Waals surface area contributed by atoms with E-state index >= 15 is 0 Å². The molecule has 2 N–H and O–H groups in total. The number of rotatable bonds is 7. The van der Waals surface area contributed by atoms with Gasteiger partial charge < -0.3 is 15.2 Å². The molecule has 1 aromatic rings. The fraction of sp³-hybridized carbons (Fsp3) is 0.385. The molecule has 0 unspecified atom stereocenters. The number of carboxylic acid groups (broad SMARTS) is 1. The number of hydrogen-bond donors (Lipinski definition) is 2. The molecule has 0 aliphatic heterocycles. The van der Waals surface area contributed by atoms with Crippen LogP contribution in [0.4, 0.5) is 0 Å². The van der Waals surface area contributed by atoms with Gasteiger partial charge in [-0.25, -0.2) is 0 Å². The predicted octanol–water partition coefficient (Wildman–Crippen LogP) is 1.68. The number of benzene rings is 1. The van der Waals surface area contributed by atoms with E-state index in [1.807, 2.05) is 6.92 Å². The zero-order chi connectivity index (χ0) is 13.4. The highest BCUT2D eigenvalue weighted by Gasteiger charge is 2.11. The second-order valence-corrected chi connectivity index (χ2v) is 3.68. The minimum atomic E-state index is -0.862. The third-order valence-corrected chi connectivity index (χ3v) is 2.28. The van der Waals surface area contributed by atoms with Crippen LogP contribution in [0.5, 0.6) is 5.75 Å². The molecule has 1 amide bonds. The van der Waals surface area contributed by atoms with E-state index in [9.17, 15) is 9.59 Å². The molecular weight excluding hydrogens is 234 g/mol. The number of para-hydroxylation sites is 1. The molecule has 0 saturated carbocycles. The van der Waals surface area contributed by atoms with Crippen molar-refractivity contribution in [2.45, 2.75) is 19.8 Å². The van der Waals surface area contributed by atoms with Gasteiger partial charge in [-0.1, -0.05) is 12.1 Å². The van der Waals surface area contributed by atoms with E-state index in [0.717, 1.165) is 0 Å². The first-order valence-corrected chi connectivity index (χ1v) is 5.87. The van der Waals surface area contributed by atoms with Gasteiger partial charge in [0.1, 0.15) is 5.75 Å². The molecule has 0 heterocycles. The quantitative estimate of drug-likeness (QED) is 0.723. The van der Waals surface area contributed by atoms with Gasteiger partial charge in [0.2, 0.25) is 0 Å². The third-order valence-electron chi connectivity index (χ3n) is 2.28. The second-order valence-electron chi connectivity index (χ2n) is 3.68.